The summed E-state index contributed by atoms with van der Waals surface area (Å²) in [7, 11) is 1.68. The Morgan fingerprint density at radius 2 is 2.00 bits per heavy atom. The van der Waals surface area contributed by atoms with Crippen molar-refractivity contribution in [3.8, 4) is 5.75 Å². The van der Waals surface area contributed by atoms with Crippen LogP contribution in [0.25, 0.3) is 5.57 Å². The van der Waals surface area contributed by atoms with Crippen molar-refractivity contribution in [3.05, 3.63) is 78.0 Å². The molecule has 0 saturated heterocycles. The molecule has 2 aromatic carbocycles. The number of benzene rings is 2. The first kappa shape index (κ1) is 17.6. The number of allylic oxidation sites excluding steroid dienone is 2. The third kappa shape index (κ3) is 4.09. The summed E-state index contributed by atoms with van der Waals surface area (Å²) in [6.45, 7) is 0.851. The van der Waals surface area contributed by atoms with Crippen LogP contribution in [0.4, 0.5) is 0 Å². The Morgan fingerprint density at radius 3 is 2.60 bits per heavy atom. The van der Waals surface area contributed by atoms with Crippen LogP contribution in [0.3, 0.4) is 0 Å². The number of hydrogen-bond acceptors (Lipinski definition) is 4. The van der Waals surface area contributed by atoms with Crippen LogP contribution in [-0.4, -0.2) is 36.5 Å². The summed E-state index contributed by atoms with van der Waals surface area (Å²) in [6.07, 6.45) is 8.42. The highest BCUT2D eigenvalue weighted by atomic mass is 32.2. The fourth-order valence-corrected chi connectivity index (χ4v) is 3.39. The predicted molar refractivity (Wildman–Crippen MR) is 105 cm³/mol. The van der Waals surface area contributed by atoms with Gasteiger partial charge in [-0.25, -0.2) is 0 Å². The minimum atomic E-state index is -0.0322. The lowest BCUT2D eigenvalue weighted by molar-refractivity contribution is 0.174. The minimum absolute atomic E-state index is 0.0322. The van der Waals surface area contributed by atoms with Crippen LogP contribution in [-0.2, 0) is 0 Å². The van der Waals surface area contributed by atoms with Crippen molar-refractivity contribution in [3.63, 3.8) is 0 Å². The molecule has 1 atom stereocenters. The summed E-state index contributed by atoms with van der Waals surface area (Å²) in [5.41, 5.74) is 3.44. The van der Waals surface area contributed by atoms with Gasteiger partial charge >= 0.3 is 0 Å². The first-order chi connectivity index (χ1) is 12.2. The largest absolute Gasteiger partial charge is 0.497 e. The molecule has 3 rings (SSSR count). The van der Waals surface area contributed by atoms with Gasteiger partial charge in [-0.3, -0.25) is 0 Å². The normalized spacial score (nSPS) is 15.0. The van der Waals surface area contributed by atoms with Crippen LogP contribution in [0.1, 0.15) is 17.2 Å². The number of methoxy groups -OCH3 is 1. The fourth-order valence-electron chi connectivity index (χ4n) is 2.98. The van der Waals surface area contributed by atoms with Gasteiger partial charge in [0.05, 0.1) is 19.8 Å². The lowest BCUT2D eigenvalue weighted by Crippen LogP contribution is -2.28. The number of thioether (sulfide) groups is 1. The monoisotopic (exact) mass is 353 g/mol. The Labute approximate surface area is 153 Å². The molecule has 1 heterocycles. The van der Waals surface area contributed by atoms with E-state index in [9.17, 15) is 5.11 Å². The fraction of sp³-hybridized carbons (Fsp3) is 0.238. The zero-order chi connectivity index (χ0) is 17.6. The second-order valence-corrected chi connectivity index (χ2v) is 6.76. The molecule has 1 N–H and O–H groups in total. The van der Waals surface area contributed by atoms with Gasteiger partial charge in [-0.15, -0.1) is 11.8 Å². The summed E-state index contributed by atoms with van der Waals surface area (Å²) in [6, 6.07) is 16.4. The van der Waals surface area contributed by atoms with E-state index in [0.29, 0.717) is 0 Å². The maximum Gasteiger partial charge on any atom is 0.119 e. The first-order valence-electron chi connectivity index (χ1n) is 8.28. The lowest BCUT2D eigenvalue weighted by atomic mass is 10.0. The summed E-state index contributed by atoms with van der Waals surface area (Å²) >= 11 is 1.72. The molecule has 4 heteroatoms. The molecule has 0 amide bonds. The van der Waals surface area contributed by atoms with Gasteiger partial charge in [-0.2, -0.15) is 0 Å². The van der Waals surface area contributed by atoms with E-state index < -0.39 is 0 Å². The average molecular weight is 353 g/mol. The molecule has 25 heavy (non-hydrogen) atoms. The SMILES string of the molecule is COc1cccc(C2=CCN(C(CO)c3ccc(SC)cc3)C=C2)c1. The van der Waals surface area contributed by atoms with E-state index in [1.165, 1.54) is 10.5 Å². The molecule has 0 fully saturated rings. The topological polar surface area (TPSA) is 32.7 Å². The van der Waals surface area contributed by atoms with Crippen LogP contribution < -0.4 is 4.74 Å². The maximum absolute atomic E-state index is 9.89. The molecule has 1 aliphatic heterocycles. The number of aliphatic hydroxyl groups is 1. The molecular formula is C21H23NO2S. The smallest absolute Gasteiger partial charge is 0.119 e. The van der Waals surface area contributed by atoms with Gasteiger partial charge in [0.15, 0.2) is 0 Å². The maximum atomic E-state index is 9.89. The van der Waals surface area contributed by atoms with Crippen LogP contribution in [0, 0.1) is 0 Å². The Balaban J connectivity index is 1.75. The zero-order valence-electron chi connectivity index (χ0n) is 14.6. The summed E-state index contributed by atoms with van der Waals surface area (Å²) < 4.78 is 5.30. The molecule has 0 aromatic heterocycles. The molecule has 0 radical (unpaired) electrons. The Kier molecular flexibility index (Phi) is 5.84. The number of aliphatic hydroxyl groups excluding tert-OH is 1. The molecule has 0 spiro atoms. The second-order valence-electron chi connectivity index (χ2n) is 5.88. The predicted octanol–water partition coefficient (Wildman–Crippen LogP) is 4.36. The Morgan fingerprint density at radius 1 is 1.20 bits per heavy atom. The van der Waals surface area contributed by atoms with Crippen LogP contribution in [0.15, 0.2) is 71.8 Å². The summed E-state index contributed by atoms with van der Waals surface area (Å²) in [4.78, 5) is 3.40. The standard InChI is InChI=1S/C21H23NO2S/c1-24-19-5-3-4-18(14-19)16-10-12-22(13-11-16)21(15-23)17-6-8-20(25-2)9-7-17/h3-12,14,21,23H,13,15H2,1-2H3. The van der Waals surface area contributed by atoms with Gasteiger partial charge in [-0.1, -0.05) is 30.3 Å². The van der Waals surface area contributed by atoms with E-state index in [1.807, 2.05) is 18.2 Å². The number of nitrogens with zero attached hydrogens (tertiary/aromatic N) is 1. The molecule has 0 bridgehead atoms. The van der Waals surface area contributed by atoms with E-state index in [0.717, 1.165) is 23.4 Å². The van der Waals surface area contributed by atoms with Gasteiger partial charge in [0.1, 0.15) is 5.75 Å². The lowest BCUT2D eigenvalue weighted by Gasteiger charge is -2.31. The van der Waals surface area contributed by atoms with Crippen molar-refractivity contribution in [2.24, 2.45) is 0 Å². The molecule has 1 aliphatic rings. The van der Waals surface area contributed by atoms with Gasteiger partial charge in [0, 0.05) is 17.6 Å². The summed E-state index contributed by atoms with van der Waals surface area (Å²) in [5.74, 6) is 0.858. The highest BCUT2D eigenvalue weighted by Crippen LogP contribution is 2.28. The minimum Gasteiger partial charge on any atom is -0.497 e. The molecule has 3 nitrogen and oxygen atoms in total. The van der Waals surface area contributed by atoms with Gasteiger partial charge < -0.3 is 14.7 Å². The van der Waals surface area contributed by atoms with Crippen molar-refractivity contribution in [2.75, 3.05) is 26.5 Å². The third-order valence-corrected chi connectivity index (χ3v) is 5.19. The van der Waals surface area contributed by atoms with Crippen molar-refractivity contribution >= 4 is 17.3 Å². The van der Waals surface area contributed by atoms with Crippen LogP contribution in [0.2, 0.25) is 0 Å². The van der Waals surface area contributed by atoms with Crippen molar-refractivity contribution in [2.45, 2.75) is 10.9 Å². The van der Waals surface area contributed by atoms with E-state index in [-0.39, 0.29) is 12.6 Å². The highest BCUT2D eigenvalue weighted by Gasteiger charge is 2.18. The highest BCUT2D eigenvalue weighted by molar-refractivity contribution is 7.98. The number of ether oxygens (including phenoxy) is 1. The van der Waals surface area contributed by atoms with E-state index in [2.05, 4.69) is 59.8 Å². The molecule has 2 aromatic rings. The zero-order valence-corrected chi connectivity index (χ0v) is 15.4. The third-order valence-electron chi connectivity index (χ3n) is 4.44. The Bertz CT molecular complexity index is 768. The van der Waals surface area contributed by atoms with E-state index in [4.69, 9.17) is 4.74 Å². The van der Waals surface area contributed by atoms with E-state index >= 15 is 0 Å². The summed E-state index contributed by atoms with van der Waals surface area (Å²) in [5, 5.41) is 9.89. The van der Waals surface area contributed by atoms with Gasteiger partial charge in [0.25, 0.3) is 0 Å². The molecular weight excluding hydrogens is 330 g/mol. The van der Waals surface area contributed by atoms with Crippen LogP contribution in [0.5, 0.6) is 5.75 Å². The van der Waals surface area contributed by atoms with Crippen molar-refractivity contribution in [1.82, 2.24) is 4.90 Å². The van der Waals surface area contributed by atoms with Crippen molar-refractivity contribution < 1.29 is 9.84 Å². The average Bonchev–Trinajstić information content (AvgIpc) is 2.69. The molecule has 130 valence electrons. The molecule has 0 aliphatic carbocycles. The van der Waals surface area contributed by atoms with Crippen molar-refractivity contribution in [1.29, 1.82) is 0 Å². The quantitative estimate of drug-likeness (QED) is 0.782. The first-order valence-corrected chi connectivity index (χ1v) is 9.51. The van der Waals surface area contributed by atoms with Crippen LogP contribution >= 0.6 is 11.8 Å². The van der Waals surface area contributed by atoms with Gasteiger partial charge in [-0.05, 0) is 53.3 Å². The number of hydrogen-bond donors (Lipinski definition) is 1. The second kappa shape index (κ2) is 8.28. The van der Waals surface area contributed by atoms with E-state index in [1.54, 1.807) is 18.9 Å². The molecule has 0 saturated carbocycles. The Hall–Kier alpha value is -2.17. The van der Waals surface area contributed by atoms with Gasteiger partial charge in [0.2, 0.25) is 0 Å². The molecule has 1 unspecified atom stereocenters. The number of rotatable bonds is 6.